The van der Waals surface area contributed by atoms with Gasteiger partial charge in [0, 0.05) is 19.2 Å². The first kappa shape index (κ1) is 15.6. The van der Waals surface area contributed by atoms with Crippen LogP contribution in [0.3, 0.4) is 0 Å². The maximum Gasteiger partial charge on any atom is 0.257 e. The number of ether oxygens (including phenoxy) is 2. The molecule has 0 atom stereocenters. The summed E-state index contributed by atoms with van der Waals surface area (Å²) in [7, 11) is 3.15. The first-order valence-electron chi connectivity index (χ1n) is 7.24. The molecule has 2 rings (SSSR count). The molecular formula is C16H24N2O3. The van der Waals surface area contributed by atoms with E-state index in [1.807, 2.05) is 4.90 Å². The summed E-state index contributed by atoms with van der Waals surface area (Å²) in [5.41, 5.74) is 6.54. The number of methoxy groups -OCH3 is 2. The molecule has 0 aromatic heterocycles. The van der Waals surface area contributed by atoms with E-state index in [-0.39, 0.29) is 11.3 Å². The largest absolute Gasteiger partial charge is 0.497 e. The maximum absolute atomic E-state index is 12.7. The molecule has 0 bridgehead atoms. The zero-order valence-corrected chi connectivity index (χ0v) is 13.0. The van der Waals surface area contributed by atoms with Crippen LogP contribution >= 0.6 is 0 Å². The van der Waals surface area contributed by atoms with Crippen molar-refractivity contribution in [2.24, 2.45) is 11.1 Å². The number of rotatable bonds is 4. The molecule has 5 nitrogen and oxygen atoms in total. The lowest BCUT2D eigenvalue weighted by Crippen LogP contribution is -2.44. The molecule has 0 unspecified atom stereocenters. The molecule has 116 valence electrons. The van der Waals surface area contributed by atoms with Crippen LogP contribution in [0.15, 0.2) is 18.2 Å². The molecule has 1 heterocycles. The predicted molar refractivity (Wildman–Crippen MR) is 81.8 cm³/mol. The summed E-state index contributed by atoms with van der Waals surface area (Å²) < 4.78 is 10.5. The minimum absolute atomic E-state index is 0.00794. The van der Waals surface area contributed by atoms with Crippen LogP contribution < -0.4 is 15.2 Å². The van der Waals surface area contributed by atoms with Crippen molar-refractivity contribution in [1.29, 1.82) is 0 Å². The zero-order chi connectivity index (χ0) is 15.5. The third-order valence-corrected chi connectivity index (χ3v) is 4.39. The van der Waals surface area contributed by atoms with Crippen LogP contribution in [0.25, 0.3) is 0 Å². The van der Waals surface area contributed by atoms with Crippen LogP contribution in [0.4, 0.5) is 0 Å². The van der Waals surface area contributed by atoms with Gasteiger partial charge < -0.3 is 20.1 Å². The van der Waals surface area contributed by atoms with Gasteiger partial charge in [-0.25, -0.2) is 0 Å². The second-order valence-corrected chi connectivity index (χ2v) is 5.87. The number of amides is 1. The van der Waals surface area contributed by atoms with E-state index in [2.05, 4.69) is 6.92 Å². The molecule has 0 aliphatic carbocycles. The third-order valence-electron chi connectivity index (χ3n) is 4.39. The van der Waals surface area contributed by atoms with Crippen LogP contribution in [0.2, 0.25) is 0 Å². The fraction of sp³-hybridized carbons (Fsp3) is 0.562. The standard InChI is InChI=1S/C16H24N2O3/c1-16(11-17)6-8-18(9-7-16)15(19)13-5-4-12(20-2)10-14(13)21-3/h4-5,10H,6-9,11,17H2,1-3H3. The average molecular weight is 292 g/mol. The van der Waals surface area contributed by atoms with E-state index in [4.69, 9.17) is 15.2 Å². The molecular weight excluding hydrogens is 268 g/mol. The number of hydrogen-bond acceptors (Lipinski definition) is 4. The number of piperidine rings is 1. The number of nitrogens with two attached hydrogens (primary N) is 1. The lowest BCUT2D eigenvalue weighted by atomic mass is 9.80. The van der Waals surface area contributed by atoms with E-state index in [9.17, 15) is 4.79 Å². The fourth-order valence-electron chi connectivity index (χ4n) is 2.60. The number of hydrogen-bond donors (Lipinski definition) is 1. The Morgan fingerprint density at radius 2 is 1.95 bits per heavy atom. The van der Waals surface area contributed by atoms with Gasteiger partial charge in [0.25, 0.3) is 5.91 Å². The van der Waals surface area contributed by atoms with Gasteiger partial charge in [0.15, 0.2) is 0 Å². The van der Waals surface area contributed by atoms with Gasteiger partial charge in [-0.3, -0.25) is 4.79 Å². The van der Waals surface area contributed by atoms with Crippen molar-refractivity contribution in [1.82, 2.24) is 4.90 Å². The molecule has 21 heavy (non-hydrogen) atoms. The Labute approximate surface area is 126 Å². The van der Waals surface area contributed by atoms with E-state index in [1.165, 1.54) is 0 Å². The molecule has 0 spiro atoms. The number of nitrogens with zero attached hydrogens (tertiary/aromatic N) is 1. The molecule has 0 radical (unpaired) electrons. The summed E-state index contributed by atoms with van der Waals surface area (Å²) in [5.74, 6) is 1.23. The van der Waals surface area contributed by atoms with E-state index in [0.29, 0.717) is 23.6 Å². The van der Waals surface area contributed by atoms with Crippen LogP contribution in [0.1, 0.15) is 30.1 Å². The van der Waals surface area contributed by atoms with Crippen molar-refractivity contribution in [3.63, 3.8) is 0 Å². The highest BCUT2D eigenvalue weighted by molar-refractivity contribution is 5.97. The quantitative estimate of drug-likeness (QED) is 0.920. The zero-order valence-electron chi connectivity index (χ0n) is 13.0. The Balaban J connectivity index is 2.14. The second kappa shape index (κ2) is 6.35. The fourth-order valence-corrected chi connectivity index (χ4v) is 2.60. The van der Waals surface area contributed by atoms with Crippen molar-refractivity contribution in [2.75, 3.05) is 33.9 Å². The first-order valence-corrected chi connectivity index (χ1v) is 7.24. The monoisotopic (exact) mass is 292 g/mol. The van der Waals surface area contributed by atoms with E-state index < -0.39 is 0 Å². The number of carbonyl (C=O) groups excluding carboxylic acids is 1. The molecule has 1 aromatic carbocycles. The van der Waals surface area contributed by atoms with Gasteiger partial charge in [0.1, 0.15) is 11.5 Å². The summed E-state index contributed by atoms with van der Waals surface area (Å²) in [5, 5.41) is 0. The Morgan fingerprint density at radius 1 is 1.29 bits per heavy atom. The van der Waals surface area contributed by atoms with Gasteiger partial charge in [-0.15, -0.1) is 0 Å². The molecule has 1 aromatic rings. The second-order valence-electron chi connectivity index (χ2n) is 5.87. The Morgan fingerprint density at radius 3 is 2.48 bits per heavy atom. The molecule has 1 aliphatic rings. The SMILES string of the molecule is COc1ccc(C(=O)N2CCC(C)(CN)CC2)c(OC)c1. The smallest absolute Gasteiger partial charge is 0.257 e. The van der Waals surface area contributed by atoms with Crippen molar-refractivity contribution < 1.29 is 14.3 Å². The summed E-state index contributed by atoms with van der Waals surface area (Å²) in [6.45, 7) is 4.33. The molecule has 5 heteroatoms. The lowest BCUT2D eigenvalue weighted by molar-refractivity contribution is 0.0614. The van der Waals surface area contributed by atoms with Gasteiger partial charge >= 0.3 is 0 Å². The van der Waals surface area contributed by atoms with E-state index in [1.54, 1.807) is 32.4 Å². The summed E-state index contributed by atoms with van der Waals surface area (Å²) in [4.78, 5) is 14.5. The van der Waals surface area contributed by atoms with E-state index >= 15 is 0 Å². The molecule has 1 amide bonds. The van der Waals surface area contributed by atoms with Crippen LogP contribution in [0, 0.1) is 5.41 Å². The Kier molecular flexibility index (Phi) is 4.73. The van der Waals surface area contributed by atoms with Crippen molar-refractivity contribution >= 4 is 5.91 Å². The topological polar surface area (TPSA) is 64.8 Å². The van der Waals surface area contributed by atoms with Gasteiger partial charge in [0.05, 0.1) is 19.8 Å². The van der Waals surface area contributed by atoms with Crippen LogP contribution in [0.5, 0.6) is 11.5 Å². The van der Waals surface area contributed by atoms with Crippen molar-refractivity contribution in [2.45, 2.75) is 19.8 Å². The lowest BCUT2D eigenvalue weighted by Gasteiger charge is -2.38. The molecule has 1 aliphatic heterocycles. The number of benzene rings is 1. The summed E-state index contributed by atoms with van der Waals surface area (Å²) >= 11 is 0. The average Bonchev–Trinajstić information content (AvgIpc) is 2.54. The molecule has 2 N–H and O–H groups in total. The first-order chi connectivity index (χ1) is 10.0. The van der Waals surface area contributed by atoms with Gasteiger partial charge in [-0.1, -0.05) is 6.92 Å². The van der Waals surface area contributed by atoms with Crippen LogP contribution in [-0.2, 0) is 0 Å². The highest BCUT2D eigenvalue weighted by Crippen LogP contribution is 2.32. The predicted octanol–water partition coefficient (Wildman–Crippen LogP) is 1.90. The minimum Gasteiger partial charge on any atom is -0.497 e. The van der Waals surface area contributed by atoms with E-state index in [0.717, 1.165) is 25.9 Å². The third kappa shape index (κ3) is 3.29. The normalized spacial score (nSPS) is 17.4. The minimum atomic E-state index is 0.00794. The van der Waals surface area contributed by atoms with Gasteiger partial charge in [-0.05, 0) is 36.9 Å². The Hall–Kier alpha value is -1.75. The number of carbonyl (C=O) groups is 1. The highest BCUT2D eigenvalue weighted by Gasteiger charge is 2.31. The van der Waals surface area contributed by atoms with Crippen molar-refractivity contribution in [3.8, 4) is 11.5 Å². The highest BCUT2D eigenvalue weighted by atomic mass is 16.5. The van der Waals surface area contributed by atoms with Gasteiger partial charge in [0.2, 0.25) is 0 Å². The summed E-state index contributed by atoms with van der Waals surface area (Å²) in [6, 6.07) is 5.28. The molecule has 1 fully saturated rings. The van der Waals surface area contributed by atoms with Crippen LogP contribution in [-0.4, -0.2) is 44.7 Å². The molecule has 1 saturated heterocycles. The van der Waals surface area contributed by atoms with Gasteiger partial charge in [-0.2, -0.15) is 0 Å². The number of likely N-dealkylation sites (tertiary alicyclic amines) is 1. The molecule has 0 saturated carbocycles. The Bertz CT molecular complexity index is 508. The summed E-state index contributed by atoms with van der Waals surface area (Å²) in [6.07, 6.45) is 1.88. The van der Waals surface area contributed by atoms with Crippen molar-refractivity contribution in [3.05, 3.63) is 23.8 Å². The maximum atomic E-state index is 12.7.